The van der Waals surface area contributed by atoms with Crippen molar-refractivity contribution in [2.75, 3.05) is 5.32 Å². The first kappa shape index (κ1) is 14.5. The molecule has 0 fully saturated rings. The lowest BCUT2D eigenvalue weighted by molar-refractivity contribution is 0.102. The van der Waals surface area contributed by atoms with Crippen molar-refractivity contribution in [3.05, 3.63) is 76.5 Å². The van der Waals surface area contributed by atoms with Crippen LogP contribution < -0.4 is 5.32 Å². The number of benzene rings is 2. The topological polar surface area (TPSA) is 46.9 Å². The van der Waals surface area contributed by atoms with Crippen LogP contribution in [0.15, 0.2) is 65.4 Å². The highest BCUT2D eigenvalue weighted by Crippen LogP contribution is 2.17. The van der Waals surface area contributed by atoms with Gasteiger partial charge in [0, 0.05) is 21.9 Å². The second-order valence-corrected chi connectivity index (χ2v) is 5.89. The average molecular weight is 356 g/mol. The largest absolute Gasteiger partial charge is 0.322 e. The molecule has 0 saturated heterocycles. The van der Waals surface area contributed by atoms with Crippen LogP contribution >= 0.6 is 15.9 Å². The van der Waals surface area contributed by atoms with Crippen LogP contribution in [0.4, 0.5) is 5.69 Å². The molecule has 5 heteroatoms. The zero-order chi connectivity index (χ0) is 15.5. The molecule has 1 aromatic heterocycles. The number of hydrogen-bond acceptors (Lipinski definition) is 2. The number of carbonyl (C=O) groups excluding carboxylic acids is 1. The van der Waals surface area contributed by atoms with Crippen molar-refractivity contribution in [2.45, 2.75) is 6.92 Å². The number of halogens is 1. The number of amides is 1. The maximum absolute atomic E-state index is 12.2. The summed E-state index contributed by atoms with van der Waals surface area (Å²) >= 11 is 3.38. The summed E-state index contributed by atoms with van der Waals surface area (Å²) in [4.78, 5) is 12.2. The van der Waals surface area contributed by atoms with Gasteiger partial charge in [-0.2, -0.15) is 5.10 Å². The van der Waals surface area contributed by atoms with E-state index in [1.165, 1.54) is 0 Å². The molecule has 0 radical (unpaired) electrons. The zero-order valence-corrected chi connectivity index (χ0v) is 13.5. The minimum absolute atomic E-state index is 0.138. The van der Waals surface area contributed by atoms with Crippen molar-refractivity contribution in [3.8, 4) is 5.69 Å². The van der Waals surface area contributed by atoms with Crippen LogP contribution in [0.3, 0.4) is 0 Å². The zero-order valence-electron chi connectivity index (χ0n) is 12.0. The van der Waals surface area contributed by atoms with Crippen molar-refractivity contribution in [1.82, 2.24) is 9.78 Å². The van der Waals surface area contributed by atoms with Gasteiger partial charge in [0.15, 0.2) is 0 Å². The molecule has 0 bridgehead atoms. The van der Waals surface area contributed by atoms with Crippen LogP contribution in [0.2, 0.25) is 0 Å². The Bertz CT molecular complexity index is 809. The molecule has 0 spiro atoms. The van der Waals surface area contributed by atoms with E-state index < -0.39 is 0 Å². The van der Waals surface area contributed by atoms with Gasteiger partial charge >= 0.3 is 0 Å². The summed E-state index contributed by atoms with van der Waals surface area (Å²) in [6, 6.07) is 14.8. The molecule has 3 aromatic rings. The summed E-state index contributed by atoms with van der Waals surface area (Å²) < 4.78 is 2.71. The minimum Gasteiger partial charge on any atom is -0.322 e. The first-order valence-electron chi connectivity index (χ1n) is 6.80. The van der Waals surface area contributed by atoms with E-state index in [1.54, 1.807) is 23.0 Å². The molecule has 0 atom stereocenters. The summed E-state index contributed by atoms with van der Waals surface area (Å²) in [7, 11) is 0. The van der Waals surface area contributed by atoms with Crippen LogP contribution in [0, 0.1) is 6.92 Å². The summed E-state index contributed by atoms with van der Waals surface area (Å²) in [6.07, 6.45) is 3.74. The molecule has 0 saturated carbocycles. The lowest BCUT2D eigenvalue weighted by Gasteiger charge is -2.07. The van der Waals surface area contributed by atoms with E-state index in [4.69, 9.17) is 0 Å². The molecule has 4 nitrogen and oxygen atoms in total. The number of hydrogen-bond donors (Lipinski definition) is 1. The van der Waals surface area contributed by atoms with E-state index in [0.717, 1.165) is 21.4 Å². The molecule has 1 heterocycles. The number of nitrogens with one attached hydrogen (secondary N) is 1. The van der Waals surface area contributed by atoms with Gasteiger partial charge in [-0.25, -0.2) is 4.68 Å². The highest BCUT2D eigenvalue weighted by Gasteiger charge is 2.07. The Kier molecular flexibility index (Phi) is 4.06. The molecule has 0 aliphatic rings. The lowest BCUT2D eigenvalue weighted by atomic mass is 10.2. The van der Waals surface area contributed by atoms with Crippen LogP contribution in [0.5, 0.6) is 0 Å². The first-order chi connectivity index (χ1) is 10.6. The van der Waals surface area contributed by atoms with Gasteiger partial charge in [-0.05, 0) is 55.0 Å². The van der Waals surface area contributed by atoms with Gasteiger partial charge in [0.05, 0.1) is 11.9 Å². The Labute approximate surface area is 136 Å². The second kappa shape index (κ2) is 6.15. The molecule has 1 amide bonds. The molecule has 3 rings (SSSR count). The number of carbonyl (C=O) groups is 1. The van der Waals surface area contributed by atoms with Gasteiger partial charge in [0.25, 0.3) is 5.91 Å². The van der Waals surface area contributed by atoms with Gasteiger partial charge in [-0.1, -0.05) is 22.0 Å². The minimum atomic E-state index is -0.138. The van der Waals surface area contributed by atoms with E-state index in [1.807, 2.05) is 49.5 Å². The highest BCUT2D eigenvalue weighted by molar-refractivity contribution is 9.10. The fourth-order valence-corrected chi connectivity index (χ4v) is 2.49. The van der Waals surface area contributed by atoms with Crippen LogP contribution in [-0.2, 0) is 0 Å². The monoisotopic (exact) mass is 355 g/mol. The van der Waals surface area contributed by atoms with E-state index >= 15 is 0 Å². The van der Waals surface area contributed by atoms with E-state index in [-0.39, 0.29) is 5.91 Å². The number of aryl methyl sites for hydroxylation is 1. The van der Waals surface area contributed by atoms with Crippen molar-refractivity contribution < 1.29 is 4.79 Å². The van der Waals surface area contributed by atoms with Crippen molar-refractivity contribution in [2.24, 2.45) is 0 Å². The maximum Gasteiger partial charge on any atom is 0.255 e. The molecule has 0 aliphatic carbocycles. The number of anilines is 1. The Balaban J connectivity index is 1.76. The van der Waals surface area contributed by atoms with Gasteiger partial charge in [-0.3, -0.25) is 4.79 Å². The molecule has 2 aromatic carbocycles. The van der Waals surface area contributed by atoms with Gasteiger partial charge in [-0.15, -0.1) is 0 Å². The molecular formula is C17H14BrN3O. The lowest BCUT2D eigenvalue weighted by Crippen LogP contribution is -2.11. The summed E-state index contributed by atoms with van der Waals surface area (Å²) in [5, 5.41) is 7.12. The number of nitrogens with zero attached hydrogens (tertiary/aromatic N) is 2. The third-order valence-electron chi connectivity index (χ3n) is 3.19. The smallest absolute Gasteiger partial charge is 0.255 e. The van der Waals surface area contributed by atoms with E-state index in [0.29, 0.717) is 5.56 Å². The fourth-order valence-electron chi connectivity index (χ4n) is 2.09. The fraction of sp³-hybridized carbons (Fsp3) is 0.0588. The van der Waals surface area contributed by atoms with Crippen LogP contribution in [0.1, 0.15) is 15.9 Å². The maximum atomic E-state index is 12.2. The number of aromatic nitrogens is 2. The average Bonchev–Trinajstić information content (AvgIpc) is 2.94. The van der Waals surface area contributed by atoms with Gasteiger partial charge in [0.2, 0.25) is 0 Å². The van der Waals surface area contributed by atoms with Crippen LogP contribution in [0.25, 0.3) is 5.69 Å². The van der Waals surface area contributed by atoms with E-state index in [2.05, 4.69) is 26.3 Å². The Morgan fingerprint density at radius 3 is 2.59 bits per heavy atom. The predicted octanol–water partition coefficient (Wildman–Crippen LogP) is 4.20. The first-order valence-corrected chi connectivity index (χ1v) is 7.60. The quantitative estimate of drug-likeness (QED) is 0.765. The Hall–Kier alpha value is -2.40. The standard InChI is InChI=1S/C17H14BrN3O/c1-12-10-19-21(11-12)16-7-5-13(6-8-16)17(22)20-15-4-2-3-14(18)9-15/h2-11H,1H3,(H,20,22). The molecule has 0 unspecified atom stereocenters. The summed E-state index contributed by atoms with van der Waals surface area (Å²) in [5.41, 5.74) is 3.38. The molecule has 0 aliphatic heterocycles. The van der Waals surface area contributed by atoms with Gasteiger partial charge in [0.1, 0.15) is 0 Å². The van der Waals surface area contributed by atoms with Crippen molar-refractivity contribution >= 4 is 27.5 Å². The second-order valence-electron chi connectivity index (χ2n) is 4.97. The van der Waals surface area contributed by atoms with Gasteiger partial charge < -0.3 is 5.32 Å². The van der Waals surface area contributed by atoms with Crippen molar-refractivity contribution in [1.29, 1.82) is 0 Å². The van der Waals surface area contributed by atoms with Crippen LogP contribution in [-0.4, -0.2) is 15.7 Å². The summed E-state index contributed by atoms with van der Waals surface area (Å²) in [5.74, 6) is -0.138. The molecule has 1 N–H and O–H groups in total. The summed E-state index contributed by atoms with van der Waals surface area (Å²) in [6.45, 7) is 1.99. The number of rotatable bonds is 3. The third-order valence-corrected chi connectivity index (χ3v) is 3.68. The third kappa shape index (κ3) is 3.26. The molecule has 110 valence electrons. The highest BCUT2D eigenvalue weighted by atomic mass is 79.9. The molecular weight excluding hydrogens is 342 g/mol. The Morgan fingerprint density at radius 2 is 1.95 bits per heavy atom. The Morgan fingerprint density at radius 1 is 1.18 bits per heavy atom. The normalized spacial score (nSPS) is 10.5. The SMILES string of the molecule is Cc1cnn(-c2ccc(C(=O)Nc3cccc(Br)c3)cc2)c1. The predicted molar refractivity (Wildman–Crippen MR) is 90.4 cm³/mol. The molecule has 22 heavy (non-hydrogen) atoms. The van der Waals surface area contributed by atoms with E-state index in [9.17, 15) is 4.79 Å². The van der Waals surface area contributed by atoms with Crippen molar-refractivity contribution in [3.63, 3.8) is 0 Å².